The molecule has 1 saturated heterocycles. The fourth-order valence-electron chi connectivity index (χ4n) is 4.37. The van der Waals surface area contributed by atoms with Crippen molar-refractivity contribution in [1.29, 1.82) is 0 Å². The lowest BCUT2D eigenvalue weighted by molar-refractivity contribution is -0.131. The number of Topliss-reactive ketones (excluding diaryl/α,β-unsaturated/α-hetero) is 1. The molecule has 0 radical (unpaired) electrons. The number of benzene rings is 1. The molecule has 0 aliphatic carbocycles. The SMILES string of the molecule is COc1cccc2cc(C(=O)C3=C(O)C(=O)N(CC4CCCO4)C3c3ccccn3)oc12. The molecule has 0 bridgehead atoms. The highest BCUT2D eigenvalue weighted by atomic mass is 16.5. The van der Waals surface area contributed by atoms with Gasteiger partial charge < -0.3 is 23.9 Å². The number of ether oxygens (including phenoxy) is 2. The molecule has 3 aromatic rings. The minimum Gasteiger partial charge on any atom is -0.503 e. The quantitative estimate of drug-likeness (QED) is 0.592. The summed E-state index contributed by atoms with van der Waals surface area (Å²) in [6, 6.07) is 11.3. The predicted molar refractivity (Wildman–Crippen MR) is 114 cm³/mol. The Hall–Kier alpha value is -3.65. The first-order valence-corrected chi connectivity index (χ1v) is 10.5. The van der Waals surface area contributed by atoms with Crippen LogP contribution in [0.4, 0.5) is 0 Å². The predicted octanol–water partition coefficient (Wildman–Crippen LogP) is 3.59. The molecule has 8 heteroatoms. The van der Waals surface area contributed by atoms with E-state index in [1.165, 1.54) is 12.0 Å². The number of methoxy groups -OCH3 is 1. The second kappa shape index (κ2) is 8.12. The van der Waals surface area contributed by atoms with Gasteiger partial charge in [-0.15, -0.1) is 0 Å². The smallest absolute Gasteiger partial charge is 0.290 e. The van der Waals surface area contributed by atoms with E-state index in [-0.39, 0.29) is 24.0 Å². The monoisotopic (exact) mass is 434 g/mol. The first kappa shape index (κ1) is 20.3. The average Bonchev–Trinajstić information content (AvgIpc) is 3.54. The number of nitrogens with zero attached hydrogens (tertiary/aromatic N) is 2. The molecule has 1 aromatic carbocycles. The zero-order valence-electron chi connectivity index (χ0n) is 17.5. The third-order valence-electron chi connectivity index (χ3n) is 5.89. The molecule has 0 saturated carbocycles. The minimum absolute atomic E-state index is 0.0127. The second-order valence-corrected chi connectivity index (χ2v) is 7.83. The van der Waals surface area contributed by atoms with Gasteiger partial charge in [-0.25, -0.2) is 0 Å². The number of aliphatic hydroxyl groups is 1. The van der Waals surface area contributed by atoms with Crippen LogP contribution < -0.4 is 4.74 Å². The fourth-order valence-corrected chi connectivity index (χ4v) is 4.37. The molecular weight excluding hydrogens is 412 g/mol. The van der Waals surface area contributed by atoms with Crippen LogP contribution in [0.3, 0.4) is 0 Å². The van der Waals surface area contributed by atoms with Crippen LogP contribution in [-0.2, 0) is 9.53 Å². The number of pyridine rings is 1. The van der Waals surface area contributed by atoms with Gasteiger partial charge in [-0.1, -0.05) is 18.2 Å². The lowest BCUT2D eigenvalue weighted by Gasteiger charge is -2.28. The molecule has 1 fully saturated rings. The molecule has 2 atom stereocenters. The molecule has 2 aliphatic rings. The summed E-state index contributed by atoms with van der Waals surface area (Å²) in [5, 5.41) is 11.5. The summed E-state index contributed by atoms with van der Waals surface area (Å²) in [5.74, 6) is -1.27. The lowest BCUT2D eigenvalue weighted by Crippen LogP contribution is -2.37. The summed E-state index contributed by atoms with van der Waals surface area (Å²) >= 11 is 0. The molecule has 1 N–H and O–H groups in total. The number of para-hydroxylation sites is 1. The van der Waals surface area contributed by atoms with Crippen LogP contribution in [0.1, 0.15) is 35.1 Å². The number of rotatable bonds is 6. The van der Waals surface area contributed by atoms with Crippen LogP contribution in [0.2, 0.25) is 0 Å². The largest absolute Gasteiger partial charge is 0.503 e. The van der Waals surface area contributed by atoms with Crippen molar-refractivity contribution in [2.45, 2.75) is 25.0 Å². The first-order chi connectivity index (χ1) is 15.6. The molecular formula is C24H22N2O6. The molecule has 5 rings (SSSR count). The number of carbonyl (C=O) groups excluding carboxylic acids is 2. The van der Waals surface area contributed by atoms with Crippen LogP contribution in [0.5, 0.6) is 5.75 Å². The van der Waals surface area contributed by atoms with Crippen LogP contribution in [-0.4, -0.2) is 53.0 Å². The van der Waals surface area contributed by atoms with Crippen molar-refractivity contribution < 1.29 is 28.6 Å². The first-order valence-electron chi connectivity index (χ1n) is 10.5. The highest BCUT2D eigenvalue weighted by Gasteiger charge is 2.46. The normalized spacial score (nSPS) is 21.0. The number of hydrogen-bond acceptors (Lipinski definition) is 7. The Labute approximate surface area is 184 Å². The van der Waals surface area contributed by atoms with Crippen molar-refractivity contribution in [3.05, 3.63) is 71.4 Å². The van der Waals surface area contributed by atoms with Crippen LogP contribution in [0.15, 0.2) is 64.4 Å². The molecule has 2 aliphatic heterocycles. The van der Waals surface area contributed by atoms with Gasteiger partial charge >= 0.3 is 0 Å². The van der Waals surface area contributed by atoms with Crippen molar-refractivity contribution in [3.8, 4) is 5.75 Å². The Bertz CT molecular complexity index is 1210. The molecule has 32 heavy (non-hydrogen) atoms. The van der Waals surface area contributed by atoms with Gasteiger partial charge in [-0.2, -0.15) is 0 Å². The molecule has 164 valence electrons. The number of carbonyl (C=O) groups is 2. The number of fused-ring (bicyclic) bond motifs is 1. The number of ketones is 1. The summed E-state index contributed by atoms with van der Waals surface area (Å²) in [6.07, 6.45) is 3.16. The third kappa shape index (κ3) is 3.33. The maximum absolute atomic E-state index is 13.5. The Balaban J connectivity index is 1.57. The van der Waals surface area contributed by atoms with Crippen molar-refractivity contribution in [3.63, 3.8) is 0 Å². The number of amides is 1. The van der Waals surface area contributed by atoms with E-state index in [4.69, 9.17) is 13.9 Å². The van der Waals surface area contributed by atoms with Crippen molar-refractivity contribution in [1.82, 2.24) is 9.88 Å². The second-order valence-electron chi connectivity index (χ2n) is 7.83. The topological polar surface area (TPSA) is 102 Å². The van der Waals surface area contributed by atoms with Crippen LogP contribution in [0, 0.1) is 0 Å². The van der Waals surface area contributed by atoms with Gasteiger partial charge in [-0.05, 0) is 37.1 Å². The van der Waals surface area contributed by atoms with Crippen molar-refractivity contribution in [2.75, 3.05) is 20.3 Å². The molecule has 2 unspecified atom stereocenters. The average molecular weight is 434 g/mol. The number of furan rings is 1. The van der Waals surface area contributed by atoms with Gasteiger partial charge in [0.15, 0.2) is 22.9 Å². The summed E-state index contributed by atoms with van der Waals surface area (Å²) < 4.78 is 16.8. The highest BCUT2D eigenvalue weighted by molar-refractivity contribution is 6.16. The molecule has 2 aromatic heterocycles. The number of aliphatic hydroxyl groups excluding tert-OH is 1. The van der Waals surface area contributed by atoms with E-state index in [9.17, 15) is 14.7 Å². The van der Waals surface area contributed by atoms with Gasteiger partial charge in [0.05, 0.1) is 24.5 Å². The Morgan fingerprint density at radius 1 is 1.28 bits per heavy atom. The van der Waals surface area contributed by atoms with E-state index in [0.29, 0.717) is 29.0 Å². The maximum Gasteiger partial charge on any atom is 0.290 e. The van der Waals surface area contributed by atoms with E-state index in [2.05, 4.69) is 4.98 Å². The Morgan fingerprint density at radius 2 is 2.16 bits per heavy atom. The van der Waals surface area contributed by atoms with Crippen molar-refractivity contribution >= 4 is 22.7 Å². The van der Waals surface area contributed by atoms with Gasteiger partial charge in [-0.3, -0.25) is 14.6 Å². The van der Waals surface area contributed by atoms with Gasteiger partial charge in [0.25, 0.3) is 5.91 Å². The van der Waals surface area contributed by atoms with E-state index >= 15 is 0 Å². The zero-order valence-corrected chi connectivity index (χ0v) is 17.5. The van der Waals surface area contributed by atoms with Crippen LogP contribution >= 0.6 is 0 Å². The number of hydrogen-bond donors (Lipinski definition) is 1. The summed E-state index contributed by atoms with van der Waals surface area (Å²) in [4.78, 5) is 32.4. The summed E-state index contributed by atoms with van der Waals surface area (Å²) in [5.41, 5.74) is 0.859. The third-order valence-corrected chi connectivity index (χ3v) is 5.89. The fraction of sp³-hybridized carbons (Fsp3) is 0.292. The standard InChI is InChI=1S/C24H22N2O6/c1-30-17-9-4-6-14-12-18(32-23(14)17)21(27)19-20(16-8-2-3-10-25-16)26(24(29)22(19)28)13-15-7-5-11-31-15/h2-4,6,8-10,12,15,20,28H,5,7,11,13H2,1H3. The number of aromatic nitrogens is 1. The molecule has 1 amide bonds. The van der Waals surface area contributed by atoms with Crippen LogP contribution in [0.25, 0.3) is 11.0 Å². The van der Waals surface area contributed by atoms with E-state index < -0.39 is 23.5 Å². The minimum atomic E-state index is -0.837. The molecule has 0 spiro atoms. The summed E-state index contributed by atoms with van der Waals surface area (Å²) in [6.45, 7) is 0.891. The Morgan fingerprint density at radius 3 is 2.88 bits per heavy atom. The van der Waals surface area contributed by atoms with Gasteiger partial charge in [0, 0.05) is 24.7 Å². The highest BCUT2D eigenvalue weighted by Crippen LogP contribution is 2.40. The van der Waals surface area contributed by atoms with Gasteiger partial charge in [0.2, 0.25) is 5.78 Å². The van der Waals surface area contributed by atoms with E-state index in [0.717, 1.165) is 12.8 Å². The zero-order chi connectivity index (χ0) is 22.2. The van der Waals surface area contributed by atoms with Crippen molar-refractivity contribution in [2.24, 2.45) is 0 Å². The molecule has 4 heterocycles. The lowest BCUT2D eigenvalue weighted by atomic mass is 9.98. The van der Waals surface area contributed by atoms with E-state index in [1.807, 2.05) is 0 Å². The maximum atomic E-state index is 13.5. The molecule has 8 nitrogen and oxygen atoms in total. The summed E-state index contributed by atoms with van der Waals surface area (Å²) in [7, 11) is 1.52. The Kier molecular flexibility index (Phi) is 5.14. The van der Waals surface area contributed by atoms with E-state index in [1.54, 1.807) is 48.7 Å². The van der Waals surface area contributed by atoms with Gasteiger partial charge in [0.1, 0.15) is 6.04 Å².